The monoisotopic (exact) mass is 512 g/mol. The minimum atomic E-state index is -0.170. The van der Waals surface area contributed by atoms with Crippen LogP contribution in [0.4, 0.5) is 0 Å². The zero-order chi connectivity index (χ0) is 27.1. The van der Waals surface area contributed by atoms with E-state index in [4.69, 9.17) is 4.74 Å². The summed E-state index contributed by atoms with van der Waals surface area (Å²) in [6, 6.07) is 32.7. The van der Waals surface area contributed by atoms with E-state index in [-0.39, 0.29) is 16.6 Å². The molecule has 0 unspecified atom stereocenters. The number of benzene rings is 4. The number of hydrogen-bond acceptors (Lipinski definition) is 3. The SMILES string of the molecule is CC(C)(C)c1ccc(Sc2ccc(Oc3ccc(C(C)(C)c4ccc(O)cc4)cc3)cc2)cc1.CCC. The van der Waals surface area contributed by atoms with E-state index in [2.05, 4.69) is 97.0 Å². The summed E-state index contributed by atoms with van der Waals surface area (Å²) in [5, 5.41) is 9.58. The maximum Gasteiger partial charge on any atom is 0.127 e. The van der Waals surface area contributed by atoms with E-state index >= 15 is 0 Å². The Bertz CT molecular complexity index is 1230. The lowest BCUT2D eigenvalue weighted by molar-refractivity contribution is 0.474. The summed E-state index contributed by atoms with van der Waals surface area (Å²) >= 11 is 1.75. The zero-order valence-corrected chi connectivity index (χ0v) is 24.0. The number of phenols is 1. The van der Waals surface area contributed by atoms with Crippen LogP contribution in [-0.4, -0.2) is 5.11 Å². The van der Waals surface area contributed by atoms with Crippen molar-refractivity contribution in [2.24, 2.45) is 0 Å². The Balaban J connectivity index is 0.00000121. The predicted molar refractivity (Wildman–Crippen MR) is 158 cm³/mol. The highest BCUT2D eigenvalue weighted by atomic mass is 32.2. The maximum atomic E-state index is 9.58. The second-order valence-electron chi connectivity index (χ2n) is 10.9. The van der Waals surface area contributed by atoms with Gasteiger partial charge in [0.2, 0.25) is 0 Å². The van der Waals surface area contributed by atoms with Crippen LogP contribution in [0.25, 0.3) is 0 Å². The van der Waals surface area contributed by atoms with Gasteiger partial charge in [-0.3, -0.25) is 0 Å². The Morgan fingerprint density at radius 3 is 1.35 bits per heavy atom. The molecule has 0 aliphatic carbocycles. The summed E-state index contributed by atoms with van der Waals surface area (Å²) in [5.41, 5.74) is 3.69. The molecule has 2 nitrogen and oxygen atoms in total. The van der Waals surface area contributed by atoms with E-state index in [0.717, 1.165) is 17.1 Å². The van der Waals surface area contributed by atoms with E-state index in [1.807, 2.05) is 36.4 Å². The smallest absolute Gasteiger partial charge is 0.127 e. The van der Waals surface area contributed by atoms with Crippen LogP contribution in [0, 0.1) is 0 Å². The molecule has 0 spiro atoms. The van der Waals surface area contributed by atoms with Crippen molar-refractivity contribution in [3.05, 3.63) is 114 Å². The minimum absolute atomic E-state index is 0.168. The van der Waals surface area contributed by atoms with E-state index < -0.39 is 0 Å². The molecule has 4 aromatic rings. The largest absolute Gasteiger partial charge is 0.508 e. The van der Waals surface area contributed by atoms with Crippen molar-refractivity contribution in [3.8, 4) is 17.2 Å². The van der Waals surface area contributed by atoms with Crippen molar-refractivity contribution < 1.29 is 9.84 Å². The van der Waals surface area contributed by atoms with Crippen molar-refractivity contribution in [1.29, 1.82) is 0 Å². The van der Waals surface area contributed by atoms with E-state index in [1.54, 1.807) is 23.9 Å². The predicted octanol–water partition coefficient (Wildman–Crippen LogP) is 10.4. The second-order valence-corrected chi connectivity index (χ2v) is 12.0. The molecule has 4 aromatic carbocycles. The summed E-state index contributed by atoms with van der Waals surface area (Å²) in [7, 11) is 0. The molecule has 0 fully saturated rings. The third-order valence-corrected chi connectivity index (χ3v) is 7.20. The molecule has 1 N–H and O–H groups in total. The molecule has 0 amide bonds. The highest BCUT2D eigenvalue weighted by Crippen LogP contribution is 2.35. The summed E-state index contributed by atoms with van der Waals surface area (Å²) in [6.45, 7) is 15.3. The van der Waals surface area contributed by atoms with E-state index in [9.17, 15) is 5.11 Å². The molecule has 0 saturated carbocycles. The Kier molecular flexibility index (Phi) is 9.50. The number of rotatable bonds is 6. The first-order valence-electron chi connectivity index (χ1n) is 13.0. The lowest BCUT2D eigenvalue weighted by atomic mass is 9.78. The van der Waals surface area contributed by atoms with Crippen molar-refractivity contribution in [2.75, 3.05) is 0 Å². The van der Waals surface area contributed by atoms with Gasteiger partial charge in [0.1, 0.15) is 17.2 Å². The van der Waals surface area contributed by atoms with Crippen LogP contribution in [0.5, 0.6) is 17.2 Å². The van der Waals surface area contributed by atoms with Crippen molar-refractivity contribution in [1.82, 2.24) is 0 Å². The summed E-state index contributed by atoms with van der Waals surface area (Å²) in [5.74, 6) is 1.91. The van der Waals surface area contributed by atoms with Crippen LogP contribution in [0.1, 0.15) is 71.6 Å². The Labute approximate surface area is 227 Å². The fourth-order valence-electron chi connectivity index (χ4n) is 3.86. The van der Waals surface area contributed by atoms with Gasteiger partial charge in [0, 0.05) is 15.2 Å². The van der Waals surface area contributed by atoms with Crippen molar-refractivity contribution in [3.63, 3.8) is 0 Å². The lowest BCUT2D eigenvalue weighted by Gasteiger charge is -2.26. The van der Waals surface area contributed by atoms with Gasteiger partial charge < -0.3 is 9.84 Å². The van der Waals surface area contributed by atoms with Crippen LogP contribution in [0.3, 0.4) is 0 Å². The Morgan fingerprint density at radius 1 is 0.568 bits per heavy atom. The fourth-order valence-corrected chi connectivity index (χ4v) is 4.67. The average Bonchev–Trinajstić information content (AvgIpc) is 2.86. The van der Waals surface area contributed by atoms with Gasteiger partial charge in [-0.15, -0.1) is 0 Å². The van der Waals surface area contributed by atoms with Crippen LogP contribution >= 0.6 is 11.8 Å². The molecule has 4 rings (SSSR count). The first kappa shape index (κ1) is 28.4. The second kappa shape index (κ2) is 12.4. The molecule has 0 aromatic heterocycles. The summed E-state index contributed by atoms with van der Waals surface area (Å²) < 4.78 is 6.08. The number of hydrogen-bond donors (Lipinski definition) is 1. The molecular weight excluding hydrogens is 472 g/mol. The average molecular weight is 513 g/mol. The molecule has 3 heteroatoms. The molecule has 0 atom stereocenters. The zero-order valence-electron chi connectivity index (χ0n) is 23.2. The number of ether oxygens (including phenoxy) is 1. The molecule has 0 aliphatic rings. The molecule has 0 radical (unpaired) electrons. The van der Waals surface area contributed by atoms with Crippen LogP contribution < -0.4 is 4.74 Å². The molecule has 0 bridgehead atoms. The Morgan fingerprint density at radius 2 is 0.919 bits per heavy atom. The van der Waals surface area contributed by atoms with Gasteiger partial charge in [-0.05, 0) is 82.8 Å². The minimum Gasteiger partial charge on any atom is -0.508 e. The van der Waals surface area contributed by atoms with Crippen LogP contribution in [0.2, 0.25) is 0 Å². The van der Waals surface area contributed by atoms with Crippen molar-refractivity contribution in [2.45, 2.75) is 75.5 Å². The molecule has 0 saturated heterocycles. The quantitative estimate of drug-likeness (QED) is 0.279. The molecule has 194 valence electrons. The lowest BCUT2D eigenvalue weighted by Crippen LogP contribution is -2.18. The van der Waals surface area contributed by atoms with Gasteiger partial charge >= 0.3 is 0 Å². The van der Waals surface area contributed by atoms with Gasteiger partial charge in [-0.2, -0.15) is 0 Å². The molecule has 0 aliphatic heterocycles. The fraction of sp³-hybridized carbons (Fsp3) is 0.294. The van der Waals surface area contributed by atoms with Gasteiger partial charge in [0.25, 0.3) is 0 Å². The first-order valence-corrected chi connectivity index (χ1v) is 13.8. The molecule has 0 heterocycles. The van der Waals surface area contributed by atoms with Crippen molar-refractivity contribution >= 4 is 11.8 Å². The standard InChI is InChI=1S/C31H32O2S.C3H8/c1-30(2,3)22-10-18-28(19-11-22)34-29-20-16-27(17-21-29)33-26-14-8-24(9-15-26)31(4,5)23-6-12-25(32)13-7-23;1-3-2/h6-21,32H,1-5H3;3H2,1-2H3. The highest BCUT2D eigenvalue weighted by molar-refractivity contribution is 7.99. The number of phenolic OH excluding ortho intramolecular Hbond substituents is 1. The van der Waals surface area contributed by atoms with Gasteiger partial charge in [-0.25, -0.2) is 0 Å². The Hall–Kier alpha value is -3.17. The van der Waals surface area contributed by atoms with Gasteiger partial charge in [-0.1, -0.05) is 103 Å². The maximum absolute atomic E-state index is 9.58. The summed E-state index contributed by atoms with van der Waals surface area (Å²) in [6.07, 6.45) is 1.25. The van der Waals surface area contributed by atoms with E-state index in [1.165, 1.54) is 27.3 Å². The topological polar surface area (TPSA) is 29.5 Å². The highest BCUT2D eigenvalue weighted by Gasteiger charge is 2.23. The van der Waals surface area contributed by atoms with Gasteiger partial charge in [0.05, 0.1) is 0 Å². The third kappa shape index (κ3) is 7.90. The first-order chi connectivity index (χ1) is 17.5. The molecular formula is C34H40O2S. The van der Waals surface area contributed by atoms with E-state index in [0.29, 0.717) is 0 Å². The normalized spacial score (nSPS) is 11.4. The van der Waals surface area contributed by atoms with Crippen LogP contribution in [0.15, 0.2) is 107 Å². The van der Waals surface area contributed by atoms with Crippen LogP contribution in [-0.2, 0) is 10.8 Å². The third-order valence-electron chi connectivity index (χ3n) is 6.18. The van der Waals surface area contributed by atoms with Gasteiger partial charge in [0.15, 0.2) is 0 Å². The molecule has 37 heavy (non-hydrogen) atoms. The summed E-state index contributed by atoms with van der Waals surface area (Å²) in [4.78, 5) is 2.41. The number of aromatic hydroxyl groups is 1.